The van der Waals surface area contributed by atoms with Crippen LogP contribution in [-0.4, -0.2) is 24.3 Å². The van der Waals surface area contributed by atoms with Crippen LogP contribution in [-0.2, 0) is 16.1 Å². The fourth-order valence-electron chi connectivity index (χ4n) is 5.85. The van der Waals surface area contributed by atoms with E-state index in [1.165, 1.54) is 16.9 Å². The largest absolute Gasteiger partial charge is 0.493 e. The van der Waals surface area contributed by atoms with Gasteiger partial charge in [-0.05, 0) is 86.9 Å². The van der Waals surface area contributed by atoms with Crippen LogP contribution in [0.25, 0.3) is 16.8 Å². The quantitative estimate of drug-likeness (QED) is 0.149. The fraction of sp³-hybridized carbons (Fsp3) is 0.237. The third-order valence-corrected chi connectivity index (χ3v) is 9.81. The molecule has 5 aromatic rings. The van der Waals surface area contributed by atoms with E-state index in [1.807, 2.05) is 60.7 Å². The number of nitrogens with zero attached hydrogens (tertiary/aromatic N) is 2. The zero-order valence-electron chi connectivity index (χ0n) is 26.9. The van der Waals surface area contributed by atoms with Gasteiger partial charge in [0.1, 0.15) is 6.61 Å². The van der Waals surface area contributed by atoms with Crippen LogP contribution in [0.3, 0.4) is 0 Å². The van der Waals surface area contributed by atoms with E-state index in [1.54, 1.807) is 25.5 Å². The summed E-state index contributed by atoms with van der Waals surface area (Å²) < 4.78 is 20.2. The fourth-order valence-corrected chi connectivity index (χ4v) is 7.47. The summed E-state index contributed by atoms with van der Waals surface area (Å²) in [5.41, 5.74) is 4.45. The Hall–Kier alpha value is -4.47. The zero-order chi connectivity index (χ0) is 33.2. The molecule has 2 heterocycles. The number of methoxy groups -OCH3 is 1. The summed E-state index contributed by atoms with van der Waals surface area (Å²) in [4.78, 5) is 32.6. The smallest absolute Gasteiger partial charge is 0.338 e. The molecule has 240 valence electrons. The molecule has 0 saturated carbocycles. The Balaban J connectivity index is 1.39. The number of carbonyl (C=O) groups is 1. The first-order chi connectivity index (χ1) is 22.7. The minimum atomic E-state index is -0.667. The molecular formula is C38H35BrN2O5S. The number of hydrogen-bond donors (Lipinski definition) is 0. The van der Waals surface area contributed by atoms with Gasteiger partial charge in [0.05, 0.1) is 40.0 Å². The van der Waals surface area contributed by atoms with Gasteiger partial charge in [-0.1, -0.05) is 91.9 Å². The van der Waals surface area contributed by atoms with E-state index in [9.17, 15) is 9.59 Å². The second-order valence-corrected chi connectivity index (χ2v) is 13.4. The summed E-state index contributed by atoms with van der Waals surface area (Å²) in [7, 11) is 1.59. The lowest BCUT2D eigenvalue weighted by molar-refractivity contribution is -0.139. The van der Waals surface area contributed by atoms with Crippen LogP contribution in [0.5, 0.6) is 11.5 Å². The van der Waals surface area contributed by atoms with Crippen molar-refractivity contribution in [3.63, 3.8) is 0 Å². The van der Waals surface area contributed by atoms with E-state index < -0.39 is 12.0 Å². The summed E-state index contributed by atoms with van der Waals surface area (Å²) in [5.74, 6) is 0.966. The van der Waals surface area contributed by atoms with E-state index in [2.05, 4.69) is 54.0 Å². The second kappa shape index (κ2) is 13.7. The van der Waals surface area contributed by atoms with Crippen LogP contribution in [0.15, 0.2) is 104 Å². The Labute approximate surface area is 285 Å². The van der Waals surface area contributed by atoms with Gasteiger partial charge >= 0.3 is 5.97 Å². The highest BCUT2D eigenvalue weighted by atomic mass is 79.9. The molecule has 0 spiro atoms. The third kappa shape index (κ3) is 6.42. The molecule has 0 bridgehead atoms. The van der Waals surface area contributed by atoms with E-state index >= 15 is 0 Å². The SMILES string of the molecule is CCOC(=O)C1=C(C)N=c2s/c(=C\c3cc(Br)c(OCc4cccc5ccccc45)c(OC)c3)c(=O)n2[C@H]1c1ccc(C(C)C)cc1. The molecule has 0 amide bonds. The highest BCUT2D eigenvalue weighted by Crippen LogP contribution is 2.38. The van der Waals surface area contributed by atoms with Crippen molar-refractivity contribution in [1.29, 1.82) is 0 Å². The molecule has 1 aliphatic heterocycles. The monoisotopic (exact) mass is 710 g/mol. The molecule has 4 aromatic carbocycles. The summed E-state index contributed by atoms with van der Waals surface area (Å²) in [6.07, 6.45) is 1.81. The van der Waals surface area contributed by atoms with Crippen molar-refractivity contribution in [3.05, 3.63) is 137 Å². The van der Waals surface area contributed by atoms with E-state index in [0.29, 0.717) is 49.1 Å². The maximum Gasteiger partial charge on any atom is 0.338 e. The van der Waals surface area contributed by atoms with E-state index in [0.717, 1.165) is 27.5 Å². The molecule has 47 heavy (non-hydrogen) atoms. The predicted octanol–water partition coefficient (Wildman–Crippen LogP) is 7.43. The van der Waals surface area contributed by atoms with E-state index in [4.69, 9.17) is 19.2 Å². The second-order valence-electron chi connectivity index (χ2n) is 11.6. The molecule has 7 nitrogen and oxygen atoms in total. The number of rotatable bonds is 9. The lowest BCUT2D eigenvalue weighted by Crippen LogP contribution is -2.39. The van der Waals surface area contributed by atoms with Crippen LogP contribution in [0.2, 0.25) is 0 Å². The van der Waals surface area contributed by atoms with Crippen LogP contribution in [0, 0.1) is 0 Å². The Kier molecular flexibility index (Phi) is 9.47. The molecule has 0 radical (unpaired) electrons. The number of esters is 1. The Morgan fingerprint density at radius 1 is 1.06 bits per heavy atom. The Morgan fingerprint density at radius 3 is 2.53 bits per heavy atom. The molecule has 0 aliphatic carbocycles. The standard InChI is InChI=1S/C38H35BrN2O5S/c1-6-45-37(43)33-23(4)40-38-41(34(33)27-16-14-25(15-17-27)22(2)3)36(42)32(47-38)20-24-18-30(39)35(31(19-24)44-5)46-21-28-12-9-11-26-10-7-8-13-29(26)28/h7-20,22,34H,6,21H2,1-5H3/b32-20-/t34-/m0/s1. The minimum Gasteiger partial charge on any atom is -0.493 e. The molecular weight excluding hydrogens is 676 g/mol. The topological polar surface area (TPSA) is 79.1 Å². The van der Waals surface area contributed by atoms with Crippen LogP contribution >= 0.6 is 27.3 Å². The summed E-state index contributed by atoms with van der Waals surface area (Å²) in [6.45, 7) is 8.39. The van der Waals surface area contributed by atoms with Crippen molar-refractivity contribution >= 4 is 50.1 Å². The molecule has 9 heteroatoms. The van der Waals surface area contributed by atoms with Gasteiger partial charge in [0, 0.05) is 0 Å². The average Bonchev–Trinajstić information content (AvgIpc) is 3.36. The van der Waals surface area contributed by atoms with Crippen molar-refractivity contribution in [1.82, 2.24) is 4.57 Å². The summed E-state index contributed by atoms with van der Waals surface area (Å²) >= 11 is 4.95. The van der Waals surface area contributed by atoms with Gasteiger partial charge in [-0.25, -0.2) is 9.79 Å². The van der Waals surface area contributed by atoms with Crippen molar-refractivity contribution in [2.45, 2.75) is 46.3 Å². The Bertz CT molecular complexity index is 2190. The van der Waals surface area contributed by atoms with Gasteiger partial charge in [0.25, 0.3) is 5.56 Å². The van der Waals surface area contributed by atoms with Crippen LogP contribution in [0.4, 0.5) is 0 Å². The zero-order valence-corrected chi connectivity index (χ0v) is 29.3. The number of fused-ring (bicyclic) bond motifs is 2. The molecule has 0 N–H and O–H groups in total. The third-order valence-electron chi connectivity index (χ3n) is 8.24. The van der Waals surface area contributed by atoms with Crippen LogP contribution in [0.1, 0.15) is 61.9 Å². The van der Waals surface area contributed by atoms with Gasteiger partial charge in [-0.2, -0.15) is 0 Å². The number of allylic oxidation sites excluding steroid dienone is 1. The van der Waals surface area contributed by atoms with E-state index in [-0.39, 0.29) is 12.2 Å². The molecule has 0 unspecified atom stereocenters. The van der Waals surface area contributed by atoms with Gasteiger partial charge in [0.2, 0.25) is 0 Å². The van der Waals surface area contributed by atoms with Gasteiger partial charge < -0.3 is 14.2 Å². The molecule has 6 rings (SSSR count). The molecule has 1 atom stereocenters. The highest BCUT2D eigenvalue weighted by Gasteiger charge is 2.33. The number of carbonyl (C=O) groups excluding carboxylic acids is 1. The molecule has 1 aromatic heterocycles. The normalized spacial score (nSPS) is 14.7. The molecule has 0 saturated heterocycles. The number of benzene rings is 4. The first-order valence-electron chi connectivity index (χ1n) is 15.5. The molecule has 1 aliphatic rings. The number of thiazole rings is 1. The van der Waals surface area contributed by atoms with Crippen molar-refractivity contribution in [2.75, 3.05) is 13.7 Å². The molecule has 0 fully saturated rings. The first kappa shape index (κ1) is 32.5. The average molecular weight is 712 g/mol. The van der Waals surface area contributed by atoms with Crippen molar-refractivity contribution < 1.29 is 19.0 Å². The maximum atomic E-state index is 14.1. The lowest BCUT2D eigenvalue weighted by Gasteiger charge is -2.25. The predicted molar refractivity (Wildman–Crippen MR) is 190 cm³/mol. The lowest BCUT2D eigenvalue weighted by atomic mass is 9.93. The van der Waals surface area contributed by atoms with Gasteiger partial charge in [-0.3, -0.25) is 9.36 Å². The van der Waals surface area contributed by atoms with Gasteiger partial charge in [0.15, 0.2) is 16.3 Å². The number of hydrogen-bond acceptors (Lipinski definition) is 7. The number of aromatic nitrogens is 1. The van der Waals surface area contributed by atoms with Crippen molar-refractivity contribution in [3.8, 4) is 11.5 Å². The highest BCUT2D eigenvalue weighted by molar-refractivity contribution is 9.10. The number of ether oxygens (including phenoxy) is 3. The first-order valence-corrected chi connectivity index (χ1v) is 17.1. The van der Waals surface area contributed by atoms with Crippen molar-refractivity contribution in [2.24, 2.45) is 4.99 Å². The maximum absolute atomic E-state index is 14.1. The summed E-state index contributed by atoms with van der Waals surface area (Å²) in [6, 6.07) is 25.5. The summed E-state index contributed by atoms with van der Waals surface area (Å²) in [5, 5.41) is 2.28. The number of halogens is 1. The Morgan fingerprint density at radius 2 is 1.81 bits per heavy atom. The minimum absolute atomic E-state index is 0.220. The van der Waals surface area contributed by atoms with Gasteiger partial charge in [-0.15, -0.1) is 0 Å². The van der Waals surface area contributed by atoms with Crippen LogP contribution < -0.4 is 24.4 Å².